The molecule has 1 aliphatic rings. The van der Waals surface area contributed by atoms with Crippen LogP contribution in [-0.2, 0) is 14.3 Å². The molecule has 19 heavy (non-hydrogen) atoms. The minimum absolute atomic E-state index is 0.101. The highest BCUT2D eigenvalue weighted by Crippen LogP contribution is 2.32. The van der Waals surface area contributed by atoms with Crippen molar-refractivity contribution in [3.63, 3.8) is 0 Å². The molecule has 2 unspecified atom stereocenters. The van der Waals surface area contributed by atoms with E-state index >= 15 is 0 Å². The van der Waals surface area contributed by atoms with E-state index in [1.165, 1.54) is 0 Å². The van der Waals surface area contributed by atoms with Gasteiger partial charge in [-0.1, -0.05) is 6.92 Å². The van der Waals surface area contributed by atoms with Crippen molar-refractivity contribution in [2.45, 2.75) is 64.1 Å². The third-order valence-electron chi connectivity index (χ3n) is 3.44. The van der Waals surface area contributed by atoms with E-state index in [0.29, 0.717) is 19.6 Å². The van der Waals surface area contributed by atoms with Gasteiger partial charge in [0.25, 0.3) is 0 Å². The number of carbonyl (C=O) groups excluding carboxylic acids is 1. The number of nitrogens with two attached hydrogens (primary N) is 1. The smallest absolute Gasteiger partial charge is 0.237 e. The first-order chi connectivity index (χ1) is 9.00. The first kappa shape index (κ1) is 16.4. The fourth-order valence-electron chi connectivity index (χ4n) is 2.64. The SMILES string of the molecule is CCCOCCOC1CCC(NC(C)C)(C(N)=O)C1. The standard InChI is InChI=1S/C14H28N2O3/c1-4-7-18-8-9-19-12-5-6-14(10-12,13(15)17)16-11(2)3/h11-12,16H,4-10H2,1-3H3,(H2,15,17). The quantitative estimate of drug-likeness (QED) is 0.619. The molecule has 0 heterocycles. The molecule has 0 aromatic heterocycles. The van der Waals surface area contributed by atoms with Crippen LogP contribution in [0.4, 0.5) is 0 Å². The van der Waals surface area contributed by atoms with Gasteiger partial charge in [-0.2, -0.15) is 0 Å². The van der Waals surface area contributed by atoms with E-state index < -0.39 is 5.54 Å². The summed E-state index contributed by atoms with van der Waals surface area (Å²) in [6.07, 6.45) is 3.40. The van der Waals surface area contributed by atoms with Crippen LogP contribution in [-0.4, -0.2) is 43.4 Å². The van der Waals surface area contributed by atoms with Crippen molar-refractivity contribution in [3.8, 4) is 0 Å². The van der Waals surface area contributed by atoms with E-state index in [2.05, 4.69) is 12.2 Å². The molecule has 5 nitrogen and oxygen atoms in total. The van der Waals surface area contributed by atoms with Crippen molar-refractivity contribution < 1.29 is 14.3 Å². The number of carbonyl (C=O) groups is 1. The lowest BCUT2D eigenvalue weighted by Crippen LogP contribution is -2.56. The van der Waals surface area contributed by atoms with Gasteiger partial charge < -0.3 is 20.5 Å². The Morgan fingerprint density at radius 3 is 2.74 bits per heavy atom. The molecule has 0 bridgehead atoms. The Kier molecular flexibility index (Phi) is 6.75. The van der Waals surface area contributed by atoms with Crippen LogP contribution < -0.4 is 11.1 Å². The summed E-state index contributed by atoms with van der Waals surface area (Å²) < 4.78 is 11.1. The molecule has 0 aromatic rings. The molecule has 0 saturated heterocycles. The van der Waals surface area contributed by atoms with E-state index in [-0.39, 0.29) is 18.1 Å². The first-order valence-corrected chi connectivity index (χ1v) is 7.27. The number of primary amides is 1. The summed E-state index contributed by atoms with van der Waals surface area (Å²) in [4.78, 5) is 11.7. The van der Waals surface area contributed by atoms with Crippen molar-refractivity contribution in [2.75, 3.05) is 19.8 Å². The zero-order valence-electron chi connectivity index (χ0n) is 12.4. The number of hydrogen-bond acceptors (Lipinski definition) is 4. The molecule has 1 fully saturated rings. The molecule has 5 heteroatoms. The van der Waals surface area contributed by atoms with Crippen LogP contribution in [0.1, 0.15) is 46.5 Å². The number of rotatable bonds is 9. The summed E-state index contributed by atoms with van der Waals surface area (Å²) in [6.45, 7) is 8.10. The van der Waals surface area contributed by atoms with Crippen molar-refractivity contribution in [1.29, 1.82) is 0 Å². The van der Waals surface area contributed by atoms with Crippen LogP contribution in [0.15, 0.2) is 0 Å². The Balaban J connectivity index is 2.35. The summed E-state index contributed by atoms with van der Waals surface area (Å²) in [7, 11) is 0. The van der Waals surface area contributed by atoms with Crippen LogP contribution >= 0.6 is 0 Å². The topological polar surface area (TPSA) is 73.6 Å². The van der Waals surface area contributed by atoms with Crippen molar-refractivity contribution in [1.82, 2.24) is 5.32 Å². The number of nitrogens with one attached hydrogen (secondary N) is 1. The zero-order chi connectivity index (χ0) is 14.3. The van der Waals surface area contributed by atoms with Gasteiger partial charge in [-0.15, -0.1) is 0 Å². The van der Waals surface area contributed by atoms with Gasteiger partial charge in [0.05, 0.1) is 19.3 Å². The van der Waals surface area contributed by atoms with Crippen molar-refractivity contribution in [3.05, 3.63) is 0 Å². The molecule has 0 aromatic carbocycles. The van der Waals surface area contributed by atoms with Crippen LogP contribution in [0.25, 0.3) is 0 Å². The summed E-state index contributed by atoms with van der Waals surface area (Å²) in [5.41, 5.74) is 4.96. The lowest BCUT2D eigenvalue weighted by Gasteiger charge is -2.29. The normalized spacial score (nSPS) is 27.1. The lowest BCUT2D eigenvalue weighted by atomic mass is 9.95. The number of hydrogen-bond donors (Lipinski definition) is 2. The fraction of sp³-hybridized carbons (Fsp3) is 0.929. The maximum Gasteiger partial charge on any atom is 0.237 e. The van der Waals surface area contributed by atoms with Crippen molar-refractivity contribution in [2.24, 2.45) is 5.73 Å². The van der Waals surface area contributed by atoms with Gasteiger partial charge in [-0.25, -0.2) is 0 Å². The van der Waals surface area contributed by atoms with E-state index in [9.17, 15) is 4.79 Å². The summed E-state index contributed by atoms with van der Waals surface area (Å²) >= 11 is 0. The second-order valence-corrected chi connectivity index (χ2v) is 5.59. The Morgan fingerprint density at radius 1 is 1.42 bits per heavy atom. The second kappa shape index (κ2) is 7.82. The van der Waals surface area contributed by atoms with Gasteiger partial charge in [0.1, 0.15) is 5.54 Å². The van der Waals surface area contributed by atoms with E-state index in [1.54, 1.807) is 0 Å². The van der Waals surface area contributed by atoms with Gasteiger partial charge >= 0.3 is 0 Å². The summed E-state index contributed by atoms with van der Waals surface area (Å²) in [6, 6.07) is 0.235. The van der Waals surface area contributed by atoms with E-state index in [1.807, 2.05) is 13.8 Å². The molecule has 0 radical (unpaired) electrons. The predicted octanol–water partition coefficient (Wildman–Crippen LogP) is 1.20. The van der Waals surface area contributed by atoms with Gasteiger partial charge in [-0.3, -0.25) is 4.79 Å². The Bertz CT molecular complexity index is 284. The van der Waals surface area contributed by atoms with Gasteiger partial charge in [0.15, 0.2) is 0 Å². The van der Waals surface area contributed by atoms with E-state index in [4.69, 9.17) is 15.2 Å². The predicted molar refractivity (Wildman–Crippen MR) is 74.9 cm³/mol. The highest BCUT2D eigenvalue weighted by Gasteiger charge is 2.44. The Labute approximate surface area is 116 Å². The average Bonchev–Trinajstić information content (AvgIpc) is 2.73. The third-order valence-corrected chi connectivity index (χ3v) is 3.44. The first-order valence-electron chi connectivity index (χ1n) is 7.27. The van der Waals surface area contributed by atoms with Gasteiger partial charge in [0.2, 0.25) is 5.91 Å². The lowest BCUT2D eigenvalue weighted by molar-refractivity contribution is -0.125. The molecule has 2 atom stereocenters. The monoisotopic (exact) mass is 272 g/mol. The minimum Gasteiger partial charge on any atom is -0.379 e. The molecular weight excluding hydrogens is 244 g/mol. The van der Waals surface area contributed by atoms with Gasteiger partial charge in [-0.05, 0) is 33.1 Å². The maximum absolute atomic E-state index is 11.7. The summed E-state index contributed by atoms with van der Waals surface area (Å²) in [5.74, 6) is -0.269. The molecule has 0 spiro atoms. The average molecular weight is 272 g/mol. The minimum atomic E-state index is -0.594. The molecule has 1 amide bonds. The number of amides is 1. The van der Waals surface area contributed by atoms with E-state index in [0.717, 1.165) is 25.9 Å². The Morgan fingerprint density at radius 2 is 2.16 bits per heavy atom. The summed E-state index contributed by atoms with van der Waals surface area (Å²) in [5, 5.41) is 3.31. The molecule has 112 valence electrons. The highest BCUT2D eigenvalue weighted by atomic mass is 16.5. The maximum atomic E-state index is 11.7. The Hall–Kier alpha value is -0.650. The van der Waals surface area contributed by atoms with Crippen LogP contribution in [0, 0.1) is 0 Å². The van der Waals surface area contributed by atoms with Crippen LogP contribution in [0.3, 0.4) is 0 Å². The molecule has 3 N–H and O–H groups in total. The van der Waals surface area contributed by atoms with Crippen molar-refractivity contribution >= 4 is 5.91 Å². The van der Waals surface area contributed by atoms with Crippen LogP contribution in [0.5, 0.6) is 0 Å². The molecule has 0 aliphatic heterocycles. The zero-order valence-corrected chi connectivity index (χ0v) is 12.4. The van der Waals surface area contributed by atoms with Gasteiger partial charge in [0, 0.05) is 19.1 Å². The fourth-order valence-corrected chi connectivity index (χ4v) is 2.64. The molecular formula is C14H28N2O3. The van der Waals surface area contributed by atoms with Crippen LogP contribution in [0.2, 0.25) is 0 Å². The molecule has 1 rings (SSSR count). The molecule has 1 aliphatic carbocycles. The largest absolute Gasteiger partial charge is 0.379 e. The molecule has 1 saturated carbocycles. The number of ether oxygens (including phenoxy) is 2. The third kappa shape index (κ3) is 5.09. The second-order valence-electron chi connectivity index (χ2n) is 5.59. The highest BCUT2D eigenvalue weighted by molar-refractivity contribution is 5.85.